The number of rotatable bonds is 8. The first kappa shape index (κ1) is 23.2. The summed E-state index contributed by atoms with van der Waals surface area (Å²) < 4.78 is 0. The molecule has 6 nitrogen and oxygen atoms in total. The van der Waals surface area contributed by atoms with Crippen LogP contribution in [0.3, 0.4) is 0 Å². The van der Waals surface area contributed by atoms with E-state index in [1.165, 1.54) is 24.8 Å². The maximum Gasteiger partial charge on any atom is 0.272 e. The molecule has 1 unspecified atom stereocenters. The zero-order chi connectivity index (χ0) is 24.2. The first-order valence-corrected chi connectivity index (χ1v) is 12.5. The molecule has 2 atom stereocenters. The lowest BCUT2D eigenvalue weighted by atomic mass is 10.0. The maximum atomic E-state index is 13.1. The number of benzene rings is 2. The Balaban J connectivity index is 1.32. The molecule has 2 heterocycles. The minimum absolute atomic E-state index is 0.125. The monoisotopic (exact) mass is 467 g/mol. The molecule has 2 aromatic carbocycles. The number of aromatic nitrogens is 2. The van der Waals surface area contributed by atoms with Crippen molar-refractivity contribution in [3.8, 4) is 0 Å². The van der Waals surface area contributed by atoms with Crippen molar-refractivity contribution in [2.75, 3.05) is 19.6 Å². The molecule has 1 saturated carbocycles. The number of carbonyl (C=O) groups excluding carboxylic acids is 1. The van der Waals surface area contributed by atoms with Gasteiger partial charge in [-0.25, -0.2) is 0 Å². The van der Waals surface area contributed by atoms with Crippen molar-refractivity contribution < 1.29 is 4.79 Å². The van der Waals surface area contributed by atoms with Gasteiger partial charge in [0.05, 0.1) is 5.52 Å². The molecule has 1 amide bonds. The topological polar surface area (TPSA) is 73.4 Å². The average molecular weight is 468 g/mol. The molecule has 6 heteroatoms. The third-order valence-corrected chi connectivity index (χ3v) is 7.08. The molecule has 0 bridgehead atoms. The fourth-order valence-electron chi connectivity index (χ4n) is 5.07. The quantitative estimate of drug-likeness (QED) is 0.348. The van der Waals surface area contributed by atoms with Crippen LogP contribution >= 0.6 is 0 Å². The highest BCUT2D eigenvalue weighted by Crippen LogP contribution is 2.40. The van der Waals surface area contributed by atoms with Crippen molar-refractivity contribution in [1.29, 1.82) is 0 Å². The molecular weight excluding hydrogens is 434 g/mol. The third-order valence-electron chi connectivity index (χ3n) is 7.08. The number of aliphatic imine (C=N–C) groups is 1. The summed E-state index contributed by atoms with van der Waals surface area (Å²) in [6.45, 7) is 8.90. The standard InChI is InChI=1S/C29H33N5O/c1-20(15-21(18-30-2)19-34-13-7-4-8-14-34)23-11-12-26-25(16-23)28(33-32-26)29(35)31-27-17-24(27)22-9-5-3-6-10-22/h3,5-6,9-12,15-16,18,24,27H,2,4,7-8,13-14,17,19H2,1H3,(H,31,35)(H,32,33)/b20-15+,21-18+/t24-,27?/m1/s1. The van der Waals surface area contributed by atoms with Crippen LogP contribution in [-0.4, -0.2) is 53.4 Å². The van der Waals surface area contributed by atoms with Gasteiger partial charge in [-0.15, -0.1) is 0 Å². The van der Waals surface area contributed by atoms with Crippen LogP contribution in [0.2, 0.25) is 0 Å². The summed E-state index contributed by atoms with van der Waals surface area (Å²) in [5.41, 5.74) is 5.91. The van der Waals surface area contributed by atoms with E-state index < -0.39 is 0 Å². The van der Waals surface area contributed by atoms with Crippen LogP contribution in [0.25, 0.3) is 16.5 Å². The molecule has 0 radical (unpaired) electrons. The number of aromatic amines is 1. The Hall–Kier alpha value is -3.51. The van der Waals surface area contributed by atoms with E-state index in [4.69, 9.17) is 0 Å². The predicted octanol–water partition coefficient (Wildman–Crippen LogP) is 5.32. The van der Waals surface area contributed by atoms with Gasteiger partial charge in [0.1, 0.15) is 0 Å². The lowest BCUT2D eigenvalue weighted by Gasteiger charge is -2.26. The molecule has 1 saturated heterocycles. The summed E-state index contributed by atoms with van der Waals surface area (Å²) in [5, 5.41) is 11.4. The van der Waals surface area contributed by atoms with Crippen LogP contribution in [0.15, 0.2) is 71.4 Å². The molecule has 0 spiro atoms. The van der Waals surface area contributed by atoms with Crippen molar-refractivity contribution in [1.82, 2.24) is 20.4 Å². The smallest absolute Gasteiger partial charge is 0.272 e. The summed E-state index contributed by atoms with van der Waals surface area (Å²) in [7, 11) is 0. The highest BCUT2D eigenvalue weighted by Gasteiger charge is 2.39. The molecule has 180 valence electrons. The normalized spacial score (nSPS) is 21.2. The number of hydrogen-bond acceptors (Lipinski definition) is 4. The van der Waals surface area contributed by atoms with E-state index in [2.05, 4.69) is 69.4 Å². The SMILES string of the molecule is C=N/C=C(\C=C(/C)c1ccc2[nH]nc(C(=O)NC3C[C@@H]3c3ccccc3)c2c1)CN1CCCCC1. The lowest BCUT2D eigenvalue weighted by Crippen LogP contribution is -2.31. The molecule has 1 aliphatic carbocycles. The van der Waals surface area contributed by atoms with Gasteiger partial charge in [-0.3, -0.25) is 19.8 Å². The van der Waals surface area contributed by atoms with E-state index in [0.717, 1.165) is 53.7 Å². The Kier molecular flexibility index (Phi) is 6.91. The second kappa shape index (κ2) is 10.4. The maximum absolute atomic E-state index is 13.1. The molecule has 2 aliphatic rings. The Morgan fingerprint density at radius 3 is 2.77 bits per heavy atom. The number of carbonyl (C=O) groups is 1. The highest BCUT2D eigenvalue weighted by atomic mass is 16.2. The van der Waals surface area contributed by atoms with Crippen LogP contribution in [0.4, 0.5) is 0 Å². The minimum Gasteiger partial charge on any atom is -0.347 e. The Morgan fingerprint density at radius 2 is 2.00 bits per heavy atom. The van der Waals surface area contributed by atoms with Crippen LogP contribution in [0.5, 0.6) is 0 Å². The lowest BCUT2D eigenvalue weighted by molar-refractivity contribution is 0.0947. The zero-order valence-electron chi connectivity index (χ0n) is 20.3. The highest BCUT2D eigenvalue weighted by molar-refractivity contribution is 6.05. The molecule has 1 aromatic heterocycles. The number of piperidine rings is 1. The number of fused-ring (bicyclic) bond motifs is 1. The van der Waals surface area contributed by atoms with E-state index in [0.29, 0.717) is 11.6 Å². The zero-order valence-corrected chi connectivity index (χ0v) is 20.3. The van der Waals surface area contributed by atoms with Crippen molar-refractivity contribution >= 4 is 29.1 Å². The predicted molar refractivity (Wildman–Crippen MR) is 143 cm³/mol. The molecular formula is C29H33N5O. The number of amides is 1. The van der Waals surface area contributed by atoms with Crippen molar-refractivity contribution in [3.05, 3.63) is 83.2 Å². The van der Waals surface area contributed by atoms with Gasteiger partial charge in [-0.1, -0.05) is 48.9 Å². The number of likely N-dealkylation sites (tertiary alicyclic amines) is 1. The van der Waals surface area contributed by atoms with Gasteiger partial charge in [-0.2, -0.15) is 5.10 Å². The molecule has 2 fully saturated rings. The fourth-order valence-corrected chi connectivity index (χ4v) is 5.07. The number of nitrogens with one attached hydrogen (secondary N) is 2. The van der Waals surface area contributed by atoms with E-state index in [-0.39, 0.29) is 11.9 Å². The molecule has 2 N–H and O–H groups in total. The number of hydrogen-bond donors (Lipinski definition) is 2. The second-order valence-corrected chi connectivity index (χ2v) is 9.72. The first-order valence-electron chi connectivity index (χ1n) is 12.5. The van der Waals surface area contributed by atoms with Gasteiger partial charge in [0.15, 0.2) is 5.69 Å². The largest absolute Gasteiger partial charge is 0.347 e. The summed E-state index contributed by atoms with van der Waals surface area (Å²) in [6, 6.07) is 16.6. The molecule has 3 aromatic rings. The van der Waals surface area contributed by atoms with Crippen LogP contribution < -0.4 is 5.32 Å². The van der Waals surface area contributed by atoms with Gasteiger partial charge >= 0.3 is 0 Å². The van der Waals surface area contributed by atoms with E-state index in [1.807, 2.05) is 30.5 Å². The number of nitrogens with zero attached hydrogens (tertiary/aromatic N) is 3. The number of H-pyrrole nitrogens is 1. The van der Waals surface area contributed by atoms with E-state index >= 15 is 0 Å². The van der Waals surface area contributed by atoms with Crippen molar-refractivity contribution in [3.63, 3.8) is 0 Å². The summed E-state index contributed by atoms with van der Waals surface area (Å²) in [5.74, 6) is 0.259. The molecule has 35 heavy (non-hydrogen) atoms. The van der Waals surface area contributed by atoms with Crippen molar-refractivity contribution in [2.24, 2.45) is 4.99 Å². The third kappa shape index (κ3) is 5.43. The van der Waals surface area contributed by atoms with E-state index in [1.54, 1.807) is 0 Å². The van der Waals surface area contributed by atoms with E-state index in [9.17, 15) is 4.79 Å². The van der Waals surface area contributed by atoms with Gasteiger partial charge in [0, 0.05) is 30.1 Å². The van der Waals surface area contributed by atoms with Gasteiger partial charge < -0.3 is 5.32 Å². The van der Waals surface area contributed by atoms with Crippen LogP contribution in [-0.2, 0) is 0 Å². The van der Waals surface area contributed by atoms with Gasteiger partial charge in [0.2, 0.25) is 0 Å². The first-order chi connectivity index (χ1) is 17.1. The average Bonchev–Trinajstić information content (AvgIpc) is 3.51. The van der Waals surface area contributed by atoms with Crippen LogP contribution in [0, 0.1) is 0 Å². The number of allylic oxidation sites excluding steroid dienone is 1. The fraction of sp³-hybridized carbons (Fsp3) is 0.345. The molecule has 1 aliphatic heterocycles. The summed E-state index contributed by atoms with van der Waals surface area (Å²) in [4.78, 5) is 19.6. The Morgan fingerprint density at radius 1 is 1.20 bits per heavy atom. The summed E-state index contributed by atoms with van der Waals surface area (Å²) >= 11 is 0. The summed E-state index contributed by atoms with van der Waals surface area (Å²) in [6.07, 6.45) is 8.83. The minimum atomic E-state index is -0.125. The Labute approximate surface area is 206 Å². The van der Waals surface area contributed by atoms with Crippen molar-refractivity contribution in [2.45, 2.75) is 44.6 Å². The van der Waals surface area contributed by atoms with Crippen LogP contribution in [0.1, 0.15) is 60.1 Å². The molecule has 5 rings (SSSR count). The Bertz CT molecular complexity index is 1270. The second-order valence-electron chi connectivity index (χ2n) is 9.72. The van der Waals surface area contributed by atoms with Gasteiger partial charge in [-0.05, 0) is 80.4 Å². The van der Waals surface area contributed by atoms with Gasteiger partial charge in [0.25, 0.3) is 5.91 Å².